The molecule has 0 rings (SSSR count). The van der Waals surface area contributed by atoms with Crippen molar-refractivity contribution >= 4 is 17.6 Å². The molecule has 1 N–H and O–H groups in total. The number of rotatable bonds is 16. The van der Waals surface area contributed by atoms with E-state index in [9.17, 15) is 9.59 Å². The molecule has 2 atom stereocenters. The van der Waals surface area contributed by atoms with Crippen molar-refractivity contribution in [3.05, 3.63) is 0 Å². The zero-order valence-corrected chi connectivity index (χ0v) is 17.1. The van der Waals surface area contributed by atoms with Crippen LogP contribution in [0, 0.1) is 0 Å². The molecule has 0 heterocycles. The van der Waals surface area contributed by atoms with Crippen molar-refractivity contribution < 1.29 is 33.3 Å². The van der Waals surface area contributed by atoms with Crippen LogP contribution < -0.4 is 5.32 Å². The zero-order chi connectivity index (χ0) is 20.5. The summed E-state index contributed by atoms with van der Waals surface area (Å²) in [5.41, 5.74) is 0.799. The molecule has 0 aromatic carbocycles. The lowest BCUT2D eigenvalue weighted by atomic mass is 10.2. The van der Waals surface area contributed by atoms with Gasteiger partial charge in [0.05, 0.1) is 46.2 Å². The number of hydrogen-bond donors (Lipinski definition) is 1. The highest BCUT2D eigenvalue weighted by Gasteiger charge is 2.20. The Morgan fingerprint density at radius 2 is 1.33 bits per heavy atom. The minimum absolute atomic E-state index is 0.112. The number of aliphatic imine (C=N–C) groups is 1. The van der Waals surface area contributed by atoms with Gasteiger partial charge in [-0.25, -0.2) is 4.79 Å². The first kappa shape index (κ1) is 25.4. The molecule has 0 radical (unpaired) electrons. The molecular weight excluding hydrogens is 356 g/mol. The summed E-state index contributed by atoms with van der Waals surface area (Å²) >= 11 is 0. The number of nitrogens with one attached hydrogen (secondary N) is 1. The van der Waals surface area contributed by atoms with Gasteiger partial charge in [-0.2, -0.15) is 0 Å². The number of methoxy groups -OCH3 is 1. The second-order valence-electron chi connectivity index (χ2n) is 5.98. The summed E-state index contributed by atoms with van der Waals surface area (Å²) in [4.78, 5) is 27.9. The van der Waals surface area contributed by atoms with Gasteiger partial charge in [0.25, 0.3) is 0 Å². The summed E-state index contributed by atoms with van der Waals surface area (Å²) in [5, 5.41) is 2.58. The fourth-order valence-corrected chi connectivity index (χ4v) is 1.85. The van der Waals surface area contributed by atoms with E-state index < -0.39 is 18.1 Å². The summed E-state index contributed by atoms with van der Waals surface area (Å²) in [6.07, 6.45) is 0. The summed E-state index contributed by atoms with van der Waals surface area (Å²) in [6.45, 7) is 10.2. The predicted octanol–water partition coefficient (Wildman–Crippen LogP) is 0.600. The summed E-state index contributed by atoms with van der Waals surface area (Å²) < 4.78 is 25.8. The van der Waals surface area contributed by atoms with E-state index >= 15 is 0 Å². The molecule has 9 nitrogen and oxygen atoms in total. The van der Waals surface area contributed by atoms with Crippen LogP contribution in [0.1, 0.15) is 27.7 Å². The van der Waals surface area contributed by atoms with Crippen LogP contribution in [0.15, 0.2) is 4.99 Å². The monoisotopic (exact) mass is 390 g/mol. The third kappa shape index (κ3) is 15.2. The smallest absolute Gasteiger partial charge is 0.328 e. The molecule has 1 amide bonds. The third-order valence-corrected chi connectivity index (χ3v) is 3.19. The lowest BCUT2D eigenvalue weighted by Crippen LogP contribution is -2.43. The van der Waals surface area contributed by atoms with Gasteiger partial charge in [0, 0.05) is 12.8 Å². The first-order valence-electron chi connectivity index (χ1n) is 9.08. The second-order valence-corrected chi connectivity index (χ2v) is 5.98. The van der Waals surface area contributed by atoms with Crippen LogP contribution in [-0.2, 0) is 33.3 Å². The van der Waals surface area contributed by atoms with Gasteiger partial charge in [-0.3, -0.25) is 9.79 Å². The van der Waals surface area contributed by atoms with Crippen LogP contribution in [-0.4, -0.2) is 89.6 Å². The highest BCUT2D eigenvalue weighted by atomic mass is 16.6. The molecule has 0 aliphatic rings. The van der Waals surface area contributed by atoms with Crippen LogP contribution in [0.3, 0.4) is 0 Å². The molecule has 0 saturated carbocycles. The van der Waals surface area contributed by atoms with Crippen molar-refractivity contribution in [2.24, 2.45) is 4.99 Å². The molecule has 0 aliphatic heterocycles. The van der Waals surface area contributed by atoms with Crippen molar-refractivity contribution in [1.82, 2.24) is 5.32 Å². The molecule has 158 valence electrons. The van der Waals surface area contributed by atoms with Crippen molar-refractivity contribution in [1.29, 1.82) is 0 Å². The van der Waals surface area contributed by atoms with Gasteiger partial charge in [0.1, 0.15) is 18.7 Å². The van der Waals surface area contributed by atoms with Gasteiger partial charge >= 0.3 is 5.97 Å². The lowest BCUT2D eigenvalue weighted by molar-refractivity contribution is -0.149. The Morgan fingerprint density at radius 3 is 1.81 bits per heavy atom. The minimum Gasteiger partial charge on any atom is -0.462 e. The quantitative estimate of drug-likeness (QED) is 0.234. The number of hydrogen-bond acceptors (Lipinski definition) is 8. The molecule has 0 saturated heterocycles. The van der Waals surface area contributed by atoms with Crippen LogP contribution in [0.5, 0.6) is 0 Å². The van der Waals surface area contributed by atoms with E-state index in [0.29, 0.717) is 39.6 Å². The van der Waals surface area contributed by atoms with Crippen molar-refractivity contribution in [3.63, 3.8) is 0 Å². The fraction of sp³-hybridized carbons (Fsp3) is 0.833. The molecule has 2 unspecified atom stereocenters. The van der Waals surface area contributed by atoms with Crippen molar-refractivity contribution in [2.75, 3.05) is 60.0 Å². The average Bonchev–Trinajstić information content (AvgIpc) is 2.61. The Bertz CT molecular complexity index is 439. The Labute approximate surface area is 161 Å². The molecule has 0 bridgehead atoms. The standard InChI is InChI=1S/C18H34N2O7/c1-14(2)19-15(3)17(21)20-16(4)18(22)27-13-12-26-11-10-25-9-8-24-7-6-23-5/h15-16H,6-13H2,1-5H3,(H,20,21). The van der Waals surface area contributed by atoms with Crippen LogP contribution in [0.2, 0.25) is 0 Å². The van der Waals surface area contributed by atoms with Gasteiger partial charge in [-0.05, 0) is 27.7 Å². The van der Waals surface area contributed by atoms with E-state index in [2.05, 4.69) is 10.3 Å². The molecule has 0 aliphatic carbocycles. The second kappa shape index (κ2) is 16.6. The van der Waals surface area contributed by atoms with Gasteiger partial charge in [0.15, 0.2) is 0 Å². The lowest BCUT2D eigenvalue weighted by Gasteiger charge is -2.15. The molecule has 27 heavy (non-hydrogen) atoms. The molecule has 0 aromatic rings. The van der Waals surface area contributed by atoms with E-state index in [1.54, 1.807) is 21.0 Å². The number of esters is 1. The largest absolute Gasteiger partial charge is 0.462 e. The summed E-state index contributed by atoms with van der Waals surface area (Å²) in [5.74, 6) is -0.832. The number of carbonyl (C=O) groups is 2. The Hall–Kier alpha value is -1.55. The maximum atomic E-state index is 11.9. The predicted molar refractivity (Wildman–Crippen MR) is 101 cm³/mol. The normalized spacial score (nSPS) is 12.9. The fourth-order valence-electron chi connectivity index (χ4n) is 1.85. The Balaban J connectivity index is 3.62. The highest BCUT2D eigenvalue weighted by molar-refractivity contribution is 5.89. The van der Waals surface area contributed by atoms with Crippen molar-refractivity contribution in [2.45, 2.75) is 39.8 Å². The Kier molecular flexibility index (Phi) is 15.7. The first-order valence-corrected chi connectivity index (χ1v) is 9.08. The number of amides is 1. The Morgan fingerprint density at radius 1 is 0.852 bits per heavy atom. The SMILES string of the molecule is COCCOCCOCCOCCOC(=O)C(C)NC(=O)C(C)N=C(C)C. The summed E-state index contributed by atoms with van der Waals surface area (Å²) in [7, 11) is 1.62. The van der Waals surface area contributed by atoms with E-state index in [1.807, 2.05) is 13.8 Å². The van der Waals surface area contributed by atoms with Gasteiger partial charge in [-0.15, -0.1) is 0 Å². The minimum atomic E-state index is -0.742. The van der Waals surface area contributed by atoms with Gasteiger partial charge in [-0.1, -0.05) is 0 Å². The van der Waals surface area contributed by atoms with E-state index in [4.69, 9.17) is 23.7 Å². The molecule has 0 spiro atoms. The van der Waals surface area contributed by atoms with E-state index in [-0.39, 0.29) is 19.1 Å². The molecular formula is C18H34N2O7. The van der Waals surface area contributed by atoms with Gasteiger partial charge in [0.2, 0.25) is 5.91 Å². The first-order chi connectivity index (χ1) is 12.9. The number of nitrogens with zero attached hydrogens (tertiary/aromatic N) is 1. The summed E-state index contributed by atoms with van der Waals surface area (Å²) in [6, 6.07) is -1.28. The highest BCUT2D eigenvalue weighted by Crippen LogP contribution is 1.95. The maximum absolute atomic E-state index is 11.9. The topological polar surface area (TPSA) is 105 Å². The average molecular weight is 390 g/mol. The van der Waals surface area contributed by atoms with Crippen LogP contribution in [0.25, 0.3) is 0 Å². The van der Waals surface area contributed by atoms with Crippen LogP contribution in [0.4, 0.5) is 0 Å². The molecule has 0 fully saturated rings. The van der Waals surface area contributed by atoms with Gasteiger partial charge < -0.3 is 29.0 Å². The van der Waals surface area contributed by atoms with E-state index in [1.165, 1.54) is 0 Å². The number of carbonyl (C=O) groups excluding carboxylic acids is 2. The van der Waals surface area contributed by atoms with E-state index in [0.717, 1.165) is 5.71 Å². The van der Waals surface area contributed by atoms with Crippen molar-refractivity contribution in [3.8, 4) is 0 Å². The zero-order valence-electron chi connectivity index (χ0n) is 17.1. The van der Waals surface area contributed by atoms with Crippen LogP contribution >= 0.6 is 0 Å². The molecule has 0 aromatic heterocycles. The third-order valence-electron chi connectivity index (χ3n) is 3.19. The molecule has 9 heteroatoms. The maximum Gasteiger partial charge on any atom is 0.328 e. The number of ether oxygens (including phenoxy) is 5.